The third-order valence-corrected chi connectivity index (χ3v) is 7.46. The Balaban J connectivity index is 1.29. The van der Waals surface area contributed by atoms with Crippen molar-refractivity contribution in [2.45, 2.75) is 38.3 Å². The lowest BCUT2D eigenvalue weighted by Gasteiger charge is -2.41. The highest BCUT2D eigenvalue weighted by Gasteiger charge is 2.34. The zero-order valence-corrected chi connectivity index (χ0v) is 19.6. The van der Waals surface area contributed by atoms with Gasteiger partial charge in [-0.25, -0.2) is 9.97 Å². The van der Waals surface area contributed by atoms with Crippen LogP contribution in [0.4, 0.5) is 5.82 Å². The zero-order chi connectivity index (χ0) is 22.2. The molecule has 33 heavy (non-hydrogen) atoms. The predicted octanol–water partition coefficient (Wildman–Crippen LogP) is 3.61. The van der Waals surface area contributed by atoms with Crippen LogP contribution in [0.1, 0.15) is 43.0 Å². The fourth-order valence-corrected chi connectivity index (χ4v) is 5.50. The second-order valence-corrected chi connectivity index (χ2v) is 9.83. The van der Waals surface area contributed by atoms with E-state index in [-0.39, 0.29) is 0 Å². The summed E-state index contributed by atoms with van der Waals surface area (Å²) in [6.07, 6.45) is 9.42. The Hall–Kier alpha value is -2.64. The molecular weight excluding hydrogens is 412 g/mol. The smallest absolute Gasteiger partial charge is 0.217 e. The molecule has 3 aromatic heterocycles. The lowest BCUT2D eigenvalue weighted by atomic mass is 10.1. The Morgan fingerprint density at radius 1 is 1.03 bits per heavy atom. The van der Waals surface area contributed by atoms with Crippen molar-refractivity contribution < 1.29 is 4.74 Å². The lowest BCUT2D eigenvalue weighted by molar-refractivity contribution is 0.0634. The molecule has 1 saturated carbocycles. The summed E-state index contributed by atoms with van der Waals surface area (Å²) in [5.41, 5.74) is 3.41. The fourth-order valence-electron chi connectivity index (χ4n) is 5.50. The fraction of sp³-hybridized carbons (Fsp3) is 0.538. The maximum atomic E-state index is 5.51. The third-order valence-electron chi connectivity index (χ3n) is 7.46. The summed E-state index contributed by atoms with van der Waals surface area (Å²) in [6, 6.07) is 11.0. The standard InChI is InChI=1S/C26H34N6O/c1-33-26-21(6-5-11-27-26)17-29-14-15-31(16-20-9-10-20)23(19-29)22-18-32-24(28-22)7-4-8-25(32)30-12-2-3-13-30/h4-8,11,18,20,23H,2-3,9-10,12-17,19H2,1H3. The first-order valence-corrected chi connectivity index (χ1v) is 12.5. The number of nitrogens with zero attached hydrogens (tertiary/aromatic N) is 6. The topological polar surface area (TPSA) is 49.1 Å². The predicted molar refractivity (Wildman–Crippen MR) is 130 cm³/mol. The molecule has 5 heterocycles. The van der Waals surface area contributed by atoms with Crippen LogP contribution >= 0.6 is 0 Å². The van der Waals surface area contributed by atoms with E-state index in [0.29, 0.717) is 6.04 Å². The van der Waals surface area contributed by atoms with E-state index in [1.54, 1.807) is 13.3 Å². The summed E-state index contributed by atoms with van der Waals surface area (Å²) in [5, 5.41) is 0. The molecule has 3 aliphatic rings. The monoisotopic (exact) mass is 446 g/mol. The zero-order valence-electron chi connectivity index (χ0n) is 19.6. The molecule has 2 saturated heterocycles. The Morgan fingerprint density at radius 3 is 2.73 bits per heavy atom. The highest BCUT2D eigenvalue weighted by Crippen LogP contribution is 2.35. The first kappa shape index (κ1) is 20.9. The number of hydrogen-bond donors (Lipinski definition) is 0. The van der Waals surface area contributed by atoms with E-state index < -0.39 is 0 Å². The van der Waals surface area contributed by atoms with E-state index in [0.717, 1.165) is 62.3 Å². The number of piperazine rings is 1. The summed E-state index contributed by atoms with van der Waals surface area (Å²) in [5.74, 6) is 2.89. The van der Waals surface area contributed by atoms with Crippen molar-refractivity contribution in [1.82, 2.24) is 24.2 Å². The molecule has 0 amide bonds. The number of anilines is 1. The van der Waals surface area contributed by atoms with Gasteiger partial charge in [0, 0.05) is 63.8 Å². The van der Waals surface area contributed by atoms with Gasteiger partial charge in [0.05, 0.1) is 18.8 Å². The Morgan fingerprint density at radius 2 is 1.91 bits per heavy atom. The summed E-state index contributed by atoms with van der Waals surface area (Å²) in [6.45, 7) is 7.46. The quantitative estimate of drug-likeness (QED) is 0.553. The van der Waals surface area contributed by atoms with Crippen LogP contribution in [0.3, 0.4) is 0 Å². The molecule has 7 nitrogen and oxygen atoms in total. The Bertz CT molecular complexity index is 1100. The van der Waals surface area contributed by atoms with Crippen molar-refractivity contribution in [3.8, 4) is 5.88 Å². The molecule has 2 aliphatic heterocycles. The van der Waals surface area contributed by atoms with Crippen LogP contribution in [-0.4, -0.2) is 70.5 Å². The number of ether oxygens (including phenoxy) is 1. The van der Waals surface area contributed by atoms with E-state index in [1.165, 1.54) is 43.7 Å². The van der Waals surface area contributed by atoms with Crippen molar-refractivity contribution in [1.29, 1.82) is 0 Å². The van der Waals surface area contributed by atoms with Crippen LogP contribution in [0.15, 0.2) is 42.7 Å². The number of methoxy groups -OCH3 is 1. The molecule has 7 heteroatoms. The first-order chi connectivity index (χ1) is 16.3. The molecule has 0 radical (unpaired) electrons. The van der Waals surface area contributed by atoms with Crippen molar-refractivity contribution in [3.63, 3.8) is 0 Å². The van der Waals surface area contributed by atoms with Crippen LogP contribution in [-0.2, 0) is 6.54 Å². The van der Waals surface area contributed by atoms with Crippen LogP contribution in [0.5, 0.6) is 5.88 Å². The lowest BCUT2D eigenvalue weighted by Crippen LogP contribution is -2.48. The third kappa shape index (κ3) is 4.32. The van der Waals surface area contributed by atoms with Gasteiger partial charge in [-0.2, -0.15) is 0 Å². The number of pyridine rings is 2. The molecule has 174 valence electrons. The van der Waals surface area contributed by atoms with Gasteiger partial charge in [0.15, 0.2) is 0 Å². The van der Waals surface area contributed by atoms with Crippen molar-refractivity contribution in [3.05, 3.63) is 54.0 Å². The van der Waals surface area contributed by atoms with Crippen LogP contribution in [0.2, 0.25) is 0 Å². The minimum Gasteiger partial charge on any atom is -0.481 e. The van der Waals surface area contributed by atoms with Crippen molar-refractivity contribution in [2.75, 3.05) is 51.3 Å². The highest BCUT2D eigenvalue weighted by atomic mass is 16.5. The van der Waals surface area contributed by atoms with Crippen LogP contribution in [0.25, 0.3) is 5.65 Å². The van der Waals surface area contributed by atoms with E-state index in [4.69, 9.17) is 9.72 Å². The largest absolute Gasteiger partial charge is 0.481 e. The maximum Gasteiger partial charge on any atom is 0.217 e. The van der Waals surface area contributed by atoms with Gasteiger partial charge >= 0.3 is 0 Å². The molecule has 1 unspecified atom stereocenters. The second kappa shape index (κ2) is 8.95. The number of hydrogen-bond acceptors (Lipinski definition) is 6. The molecule has 1 aliphatic carbocycles. The van der Waals surface area contributed by atoms with Crippen molar-refractivity contribution in [2.24, 2.45) is 5.92 Å². The first-order valence-electron chi connectivity index (χ1n) is 12.5. The van der Waals surface area contributed by atoms with Gasteiger partial charge in [-0.05, 0) is 49.8 Å². The van der Waals surface area contributed by atoms with Gasteiger partial charge < -0.3 is 9.64 Å². The number of imidazole rings is 1. The van der Waals surface area contributed by atoms with E-state index in [9.17, 15) is 0 Å². The van der Waals surface area contributed by atoms with Gasteiger partial charge in [-0.3, -0.25) is 14.2 Å². The summed E-state index contributed by atoms with van der Waals surface area (Å²) < 4.78 is 7.83. The van der Waals surface area contributed by atoms with E-state index in [1.807, 2.05) is 6.07 Å². The summed E-state index contributed by atoms with van der Waals surface area (Å²) in [7, 11) is 1.71. The SMILES string of the molecule is COc1ncccc1CN1CCN(CC2CC2)C(c2cn3c(N4CCCC4)cccc3n2)C1. The number of fused-ring (bicyclic) bond motifs is 1. The van der Waals surface area contributed by atoms with E-state index in [2.05, 4.69) is 54.5 Å². The van der Waals surface area contributed by atoms with Crippen LogP contribution in [0, 0.1) is 5.92 Å². The maximum absolute atomic E-state index is 5.51. The normalized spacial score (nSPS) is 22.3. The molecule has 0 bridgehead atoms. The highest BCUT2D eigenvalue weighted by molar-refractivity contribution is 5.53. The molecule has 3 fully saturated rings. The minimum absolute atomic E-state index is 0.313. The summed E-state index contributed by atoms with van der Waals surface area (Å²) in [4.78, 5) is 17.3. The molecule has 3 aromatic rings. The molecule has 0 spiro atoms. The molecule has 0 aromatic carbocycles. The molecular formula is C26H34N6O. The van der Waals surface area contributed by atoms with Crippen LogP contribution < -0.4 is 9.64 Å². The van der Waals surface area contributed by atoms with Gasteiger partial charge in [0.1, 0.15) is 11.5 Å². The molecule has 0 N–H and O–H groups in total. The Kier molecular flexibility index (Phi) is 5.68. The van der Waals surface area contributed by atoms with Gasteiger partial charge in [0.25, 0.3) is 0 Å². The summed E-state index contributed by atoms with van der Waals surface area (Å²) >= 11 is 0. The number of rotatable bonds is 7. The van der Waals surface area contributed by atoms with Gasteiger partial charge in [0.2, 0.25) is 5.88 Å². The van der Waals surface area contributed by atoms with Crippen molar-refractivity contribution >= 4 is 11.5 Å². The second-order valence-electron chi connectivity index (χ2n) is 9.83. The average molecular weight is 447 g/mol. The number of aromatic nitrogens is 3. The van der Waals surface area contributed by atoms with Gasteiger partial charge in [-0.15, -0.1) is 0 Å². The Labute approximate surface area is 196 Å². The minimum atomic E-state index is 0.313. The van der Waals surface area contributed by atoms with E-state index >= 15 is 0 Å². The molecule has 6 rings (SSSR count). The van der Waals surface area contributed by atoms with Gasteiger partial charge in [-0.1, -0.05) is 12.1 Å². The molecule has 1 atom stereocenters. The average Bonchev–Trinajstić information content (AvgIpc) is 3.32.